The molecule has 0 fully saturated rings. The van der Waals surface area contributed by atoms with Crippen molar-refractivity contribution < 1.29 is 72.1 Å². The monoisotopic (exact) mass is 274 g/mol. The van der Waals surface area contributed by atoms with Gasteiger partial charge in [-0.05, 0) is 0 Å². The van der Waals surface area contributed by atoms with Gasteiger partial charge in [-0.2, -0.15) is 0 Å². The van der Waals surface area contributed by atoms with Crippen LogP contribution in [0.15, 0.2) is 0 Å². The number of hydrogen-bond acceptors (Lipinski definition) is 0. The fourth-order valence-corrected chi connectivity index (χ4v) is 0. The summed E-state index contributed by atoms with van der Waals surface area (Å²) in [5.74, 6) is 0. The van der Waals surface area contributed by atoms with Crippen molar-refractivity contribution in [1.82, 2.24) is 0 Å². The van der Waals surface area contributed by atoms with Crippen LogP contribution in [-0.4, -0.2) is 0 Å². The fraction of sp³-hybridized carbons (Fsp3) is 0. The smallest absolute Gasteiger partial charge is 0 e. The molecule has 0 nitrogen and oxygen atoms in total. The van der Waals surface area contributed by atoms with Crippen LogP contribution in [-0.2, 0) is 36.5 Å². The molecule has 0 amide bonds. The van der Waals surface area contributed by atoms with Crippen molar-refractivity contribution in [3.8, 4) is 0 Å². The zero-order chi connectivity index (χ0) is 0. The first kappa shape index (κ1) is 33.0. The minimum atomic E-state index is 0. The van der Waals surface area contributed by atoms with E-state index in [1.165, 1.54) is 0 Å². The zero-order valence-corrected chi connectivity index (χ0v) is 10.3. The second-order valence-electron chi connectivity index (χ2n) is 0. The first-order valence-electron chi connectivity index (χ1n) is 0. The second kappa shape index (κ2) is 18.4. The van der Waals surface area contributed by atoms with Crippen molar-refractivity contribution in [2.75, 3.05) is 0 Å². The third-order valence-electron chi connectivity index (χ3n) is 0. The summed E-state index contributed by atoms with van der Waals surface area (Å²) < 4.78 is 0. The van der Waals surface area contributed by atoms with Crippen molar-refractivity contribution in [2.24, 2.45) is 0 Å². The van der Waals surface area contributed by atoms with Gasteiger partial charge in [0.15, 0.2) is 0 Å². The molecule has 0 aliphatic heterocycles. The molecule has 0 saturated heterocycles. The van der Waals surface area contributed by atoms with Crippen molar-refractivity contribution >= 4 is 0 Å². The van der Waals surface area contributed by atoms with Gasteiger partial charge in [0.25, 0.3) is 0 Å². The summed E-state index contributed by atoms with van der Waals surface area (Å²) in [5, 5.41) is 0. The Morgan fingerprint density at radius 2 is 1.00 bits per heavy atom. The third kappa shape index (κ3) is 8.84. The molecule has 0 aromatic rings. The maximum Gasteiger partial charge on any atom is 0 e. The summed E-state index contributed by atoms with van der Waals surface area (Å²) in [4.78, 5) is 0. The molecule has 0 unspecified atom stereocenters. The number of hydrogen-bond donors (Lipinski definition) is 0. The van der Waals surface area contributed by atoms with Gasteiger partial charge in [-0.25, -0.2) is 0 Å². The molecular formula is CH3FeLaZn-. The van der Waals surface area contributed by atoms with E-state index in [1.807, 2.05) is 0 Å². The molecule has 0 bridgehead atoms. The van der Waals surface area contributed by atoms with Crippen LogP contribution in [0.5, 0.6) is 0 Å². The normalized spacial score (nSPS) is 0. The summed E-state index contributed by atoms with van der Waals surface area (Å²) in [5.41, 5.74) is 0. The molecule has 21 valence electrons. The van der Waals surface area contributed by atoms with Gasteiger partial charge in [-0.15, -0.1) is 0 Å². The molecule has 0 saturated carbocycles. The Morgan fingerprint density at radius 1 is 1.00 bits per heavy atom. The van der Waals surface area contributed by atoms with Crippen LogP contribution in [0.4, 0.5) is 0 Å². The van der Waals surface area contributed by atoms with E-state index >= 15 is 0 Å². The van der Waals surface area contributed by atoms with E-state index in [1.54, 1.807) is 0 Å². The van der Waals surface area contributed by atoms with Crippen LogP contribution in [0, 0.1) is 43.0 Å². The van der Waals surface area contributed by atoms with Gasteiger partial charge >= 0.3 is 0 Å². The SMILES string of the molecule is [CH3-].[Fe].[La].[Zn]. The average Bonchev–Trinajstić information content (AvgIpc) is 0. The van der Waals surface area contributed by atoms with E-state index in [2.05, 4.69) is 0 Å². The fourth-order valence-electron chi connectivity index (χ4n) is 0. The quantitative estimate of drug-likeness (QED) is 0.445. The Bertz CT molecular complexity index is 8.00. The van der Waals surface area contributed by atoms with Crippen LogP contribution >= 0.6 is 0 Å². The van der Waals surface area contributed by atoms with Crippen molar-refractivity contribution in [2.45, 2.75) is 0 Å². The largest absolute Gasteiger partial charge is 0.358 e. The van der Waals surface area contributed by atoms with Crippen LogP contribution in [0.2, 0.25) is 0 Å². The summed E-state index contributed by atoms with van der Waals surface area (Å²) in [7, 11) is 0. The van der Waals surface area contributed by atoms with Gasteiger partial charge in [-0.1, -0.05) is 0 Å². The summed E-state index contributed by atoms with van der Waals surface area (Å²) in [6, 6.07) is 0. The molecule has 0 spiro atoms. The molecule has 0 N–H and O–H groups in total. The molecule has 0 aliphatic carbocycles. The molecule has 3 heteroatoms. The molecular weight excluding hydrogens is 272 g/mol. The van der Waals surface area contributed by atoms with E-state index in [0.717, 1.165) is 0 Å². The van der Waals surface area contributed by atoms with Gasteiger partial charge in [0.2, 0.25) is 0 Å². The Kier molecular flexibility index (Phi) is 152. The van der Waals surface area contributed by atoms with E-state index in [0.29, 0.717) is 0 Å². The van der Waals surface area contributed by atoms with Crippen LogP contribution in [0.25, 0.3) is 0 Å². The van der Waals surface area contributed by atoms with Crippen LogP contribution < -0.4 is 0 Å². The molecule has 0 aromatic carbocycles. The summed E-state index contributed by atoms with van der Waals surface area (Å²) >= 11 is 0. The number of rotatable bonds is 0. The molecule has 0 atom stereocenters. The molecule has 4 heavy (non-hydrogen) atoms. The molecule has 0 rings (SSSR count). The predicted molar refractivity (Wildman–Crippen MR) is 6.41 cm³/mol. The molecule has 0 aromatic heterocycles. The second-order valence-corrected chi connectivity index (χ2v) is 0. The molecule has 0 heterocycles. The summed E-state index contributed by atoms with van der Waals surface area (Å²) in [6.45, 7) is 0. The Balaban J connectivity index is 0. The topological polar surface area (TPSA) is 0 Å². The van der Waals surface area contributed by atoms with Gasteiger partial charge in [-0.3, -0.25) is 0 Å². The average molecular weight is 275 g/mol. The van der Waals surface area contributed by atoms with Gasteiger partial charge in [0.05, 0.1) is 0 Å². The Hall–Kier alpha value is 2.34. The van der Waals surface area contributed by atoms with E-state index < -0.39 is 0 Å². The van der Waals surface area contributed by atoms with Crippen molar-refractivity contribution in [3.05, 3.63) is 7.43 Å². The van der Waals surface area contributed by atoms with Crippen LogP contribution in [0.3, 0.4) is 0 Å². The minimum Gasteiger partial charge on any atom is -0.358 e. The Morgan fingerprint density at radius 3 is 1.00 bits per heavy atom. The maximum atomic E-state index is 0. The van der Waals surface area contributed by atoms with Crippen molar-refractivity contribution in [3.63, 3.8) is 0 Å². The van der Waals surface area contributed by atoms with Crippen molar-refractivity contribution in [1.29, 1.82) is 0 Å². The maximum absolute atomic E-state index is 0. The predicted octanol–water partition coefficient (Wildman–Crippen LogP) is 0.445. The first-order valence-corrected chi connectivity index (χ1v) is 0. The molecule has 1 radical (unpaired) electrons. The first-order chi connectivity index (χ1) is 0. The third-order valence-corrected chi connectivity index (χ3v) is 0. The minimum absolute atomic E-state index is 0. The van der Waals surface area contributed by atoms with Crippen LogP contribution in [0.1, 0.15) is 0 Å². The molecule has 0 aliphatic rings. The van der Waals surface area contributed by atoms with E-state index in [4.69, 9.17) is 0 Å². The van der Waals surface area contributed by atoms with E-state index in [9.17, 15) is 0 Å². The zero-order valence-electron chi connectivity index (χ0n) is 2.64. The van der Waals surface area contributed by atoms with Gasteiger partial charge < -0.3 is 7.43 Å². The standard InChI is InChI=1S/CH3.Fe.La.Zn/h1H3;;;/q-1;;;. The van der Waals surface area contributed by atoms with Gasteiger partial charge in [0.1, 0.15) is 0 Å². The van der Waals surface area contributed by atoms with E-state index in [-0.39, 0.29) is 79.6 Å². The Labute approximate surface area is 78.3 Å². The van der Waals surface area contributed by atoms with Gasteiger partial charge in [0, 0.05) is 72.1 Å². The summed E-state index contributed by atoms with van der Waals surface area (Å²) in [6.07, 6.45) is 0.